The van der Waals surface area contributed by atoms with Crippen molar-refractivity contribution in [3.63, 3.8) is 0 Å². The second-order valence-corrected chi connectivity index (χ2v) is 7.03. The first-order chi connectivity index (χ1) is 15.3. The molecule has 2 aromatic rings. The molecule has 0 aromatic heterocycles. The van der Waals surface area contributed by atoms with Crippen molar-refractivity contribution in [3.05, 3.63) is 70.8 Å². The quantitative estimate of drug-likeness (QED) is 0.530. The van der Waals surface area contributed by atoms with Gasteiger partial charge in [0.05, 0.1) is 29.3 Å². The summed E-state index contributed by atoms with van der Waals surface area (Å²) in [6.07, 6.45) is -9.82. The van der Waals surface area contributed by atoms with E-state index in [0.29, 0.717) is 18.6 Å². The number of halogens is 6. The largest absolute Gasteiger partial charge is 0.416 e. The third kappa shape index (κ3) is 8.36. The molecule has 1 heterocycles. The van der Waals surface area contributed by atoms with Crippen LogP contribution in [0.1, 0.15) is 61.6 Å². The highest BCUT2D eigenvalue weighted by molar-refractivity contribution is 5.84. The number of benzene rings is 2. The Bertz CT molecular complexity index is 853. The van der Waals surface area contributed by atoms with Gasteiger partial charge in [0.25, 0.3) is 0 Å². The highest BCUT2D eigenvalue weighted by Gasteiger charge is 2.37. The fraction of sp³-hybridized carbons (Fsp3) is 0.435. The zero-order valence-electron chi connectivity index (χ0n) is 18.7. The number of carbonyl (C=O) groups is 1. The molecule has 3 N–H and O–H groups in total. The van der Waals surface area contributed by atoms with Crippen molar-refractivity contribution < 1.29 is 35.9 Å². The van der Waals surface area contributed by atoms with Gasteiger partial charge in [-0.25, -0.2) is 0 Å². The van der Waals surface area contributed by atoms with Gasteiger partial charge in [0.2, 0.25) is 5.91 Å². The summed E-state index contributed by atoms with van der Waals surface area (Å²) >= 11 is 0. The van der Waals surface area contributed by atoms with E-state index in [9.17, 15) is 31.1 Å². The molecule has 184 valence electrons. The van der Waals surface area contributed by atoms with Crippen LogP contribution < -0.4 is 11.1 Å². The second kappa shape index (κ2) is 12.0. The number of alkyl halides is 6. The predicted molar refractivity (Wildman–Crippen MR) is 113 cm³/mol. The van der Waals surface area contributed by atoms with E-state index >= 15 is 0 Å². The summed E-state index contributed by atoms with van der Waals surface area (Å²) in [6, 6.07) is 11.1. The Hall–Kier alpha value is -2.59. The number of ether oxygens (including phenoxy) is 1. The maximum Gasteiger partial charge on any atom is 0.416 e. The van der Waals surface area contributed by atoms with Gasteiger partial charge in [-0.15, -0.1) is 0 Å². The summed E-state index contributed by atoms with van der Waals surface area (Å²) < 4.78 is 79.7. The van der Waals surface area contributed by atoms with Gasteiger partial charge in [0.1, 0.15) is 0 Å². The lowest BCUT2D eigenvalue weighted by molar-refractivity contribution is -0.143. The van der Waals surface area contributed by atoms with E-state index in [-0.39, 0.29) is 29.6 Å². The number of rotatable bonds is 3. The fourth-order valence-electron chi connectivity index (χ4n) is 2.95. The molecule has 0 aliphatic carbocycles. The lowest BCUT2D eigenvalue weighted by atomic mass is 10.0. The summed E-state index contributed by atoms with van der Waals surface area (Å²) in [5.74, 6) is -0.0474. The predicted octanol–water partition coefficient (Wildman–Crippen LogP) is 6.03. The molecule has 10 heteroatoms. The minimum Gasteiger partial charge on any atom is -0.377 e. The molecule has 4 nitrogen and oxygen atoms in total. The fourth-order valence-corrected chi connectivity index (χ4v) is 2.95. The standard InChI is InChI=1S/C11H10F6O.C10H12N2O.C2H6/c1-6(18-2)7-3-8(10(12,13)14)5-9(4-7)11(15,16)17;11-8-6-9(12-10(8)13)7-4-2-1-3-5-7;1-2/h3-6H,1-2H3;1-5,8-9H,6,11H2,(H,12,13);1-2H3. The first-order valence-corrected chi connectivity index (χ1v) is 10.3. The minimum atomic E-state index is -4.83. The topological polar surface area (TPSA) is 64.3 Å². The molecule has 2 aromatic carbocycles. The Kier molecular flexibility index (Phi) is 10.4. The van der Waals surface area contributed by atoms with Crippen LogP contribution in [0.15, 0.2) is 48.5 Å². The van der Waals surface area contributed by atoms with Crippen LogP contribution in [-0.4, -0.2) is 19.1 Å². The second-order valence-electron chi connectivity index (χ2n) is 7.03. The average Bonchev–Trinajstić information content (AvgIpc) is 3.12. The molecule has 0 bridgehead atoms. The van der Waals surface area contributed by atoms with E-state index in [2.05, 4.69) is 5.32 Å². The van der Waals surface area contributed by atoms with Crippen LogP contribution in [0.2, 0.25) is 0 Å². The SMILES string of the molecule is CC.COC(C)c1cc(C(F)(F)F)cc(C(F)(F)F)c1.NC1CC(c2ccccc2)NC1=O. The highest BCUT2D eigenvalue weighted by Crippen LogP contribution is 2.37. The first kappa shape index (κ1) is 28.4. The van der Waals surface area contributed by atoms with E-state index in [1.807, 2.05) is 44.2 Å². The van der Waals surface area contributed by atoms with E-state index in [1.165, 1.54) is 14.0 Å². The number of amides is 1. The van der Waals surface area contributed by atoms with Crippen LogP contribution in [0.3, 0.4) is 0 Å². The number of hydrogen-bond donors (Lipinski definition) is 2. The van der Waals surface area contributed by atoms with Crippen LogP contribution in [0.4, 0.5) is 26.3 Å². The zero-order chi connectivity index (χ0) is 25.4. The van der Waals surface area contributed by atoms with Crippen LogP contribution >= 0.6 is 0 Å². The van der Waals surface area contributed by atoms with Crippen molar-refractivity contribution in [2.45, 2.75) is 57.7 Å². The van der Waals surface area contributed by atoms with Crippen molar-refractivity contribution in [2.75, 3.05) is 7.11 Å². The molecule has 3 atom stereocenters. The molecule has 1 aliphatic rings. The van der Waals surface area contributed by atoms with Gasteiger partial charge in [-0.1, -0.05) is 44.2 Å². The molecule has 33 heavy (non-hydrogen) atoms. The van der Waals surface area contributed by atoms with Crippen LogP contribution in [0.5, 0.6) is 0 Å². The van der Waals surface area contributed by atoms with Gasteiger partial charge in [-0.3, -0.25) is 4.79 Å². The van der Waals surface area contributed by atoms with Crippen LogP contribution in [0, 0.1) is 0 Å². The van der Waals surface area contributed by atoms with E-state index in [0.717, 1.165) is 5.56 Å². The molecular formula is C23H28F6N2O2. The summed E-state index contributed by atoms with van der Waals surface area (Å²) in [7, 11) is 1.21. The van der Waals surface area contributed by atoms with Crippen molar-refractivity contribution in [1.82, 2.24) is 5.32 Å². The van der Waals surface area contributed by atoms with Gasteiger partial charge in [0, 0.05) is 7.11 Å². The third-order valence-electron chi connectivity index (χ3n) is 4.78. The van der Waals surface area contributed by atoms with Crippen molar-refractivity contribution >= 4 is 5.91 Å². The number of nitrogens with two attached hydrogens (primary N) is 1. The van der Waals surface area contributed by atoms with Crippen molar-refractivity contribution in [1.29, 1.82) is 0 Å². The minimum absolute atomic E-state index is 0.0474. The average molecular weight is 478 g/mol. The number of carbonyl (C=O) groups excluding carboxylic acids is 1. The van der Waals surface area contributed by atoms with Crippen molar-refractivity contribution in [2.24, 2.45) is 5.73 Å². The summed E-state index contributed by atoms with van der Waals surface area (Å²) in [6.45, 7) is 5.37. The third-order valence-corrected chi connectivity index (χ3v) is 4.78. The Morgan fingerprint density at radius 1 is 0.970 bits per heavy atom. The van der Waals surface area contributed by atoms with E-state index in [4.69, 9.17) is 10.5 Å². The van der Waals surface area contributed by atoms with Gasteiger partial charge < -0.3 is 15.8 Å². The van der Waals surface area contributed by atoms with Gasteiger partial charge in [-0.2, -0.15) is 26.3 Å². The zero-order valence-corrected chi connectivity index (χ0v) is 18.7. The summed E-state index contributed by atoms with van der Waals surface area (Å²) in [4.78, 5) is 11.1. The Labute approximate surface area is 189 Å². The maximum atomic E-state index is 12.5. The van der Waals surface area contributed by atoms with Crippen LogP contribution in [-0.2, 0) is 21.9 Å². The lowest BCUT2D eigenvalue weighted by Gasteiger charge is -2.17. The first-order valence-electron chi connectivity index (χ1n) is 10.3. The lowest BCUT2D eigenvalue weighted by Crippen LogP contribution is -2.30. The Balaban J connectivity index is 0.000000319. The highest BCUT2D eigenvalue weighted by atomic mass is 19.4. The van der Waals surface area contributed by atoms with E-state index < -0.39 is 29.6 Å². The molecule has 0 radical (unpaired) electrons. The Morgan fingerprint density at radius 2 is 1.45 bits per heavy atom. The van der Waals surface area contributed by atoms with Crippen LogP contribution in [0.25, 0.3) is 0 Å². The smallest absolute Gasteiger partial charge is 0.377 e. The molecule has 0 spiro atoms. The van der Waals surface area contributed by atoms with E-state index in [1.54, 1.807) is 0 Å². The number of hydrogen-bond acceptors (Lipinski definition) is 3. The molecule has 1 saturated heterocycles. The normalized spacial score (nSPS) is 18.9. The number of methoxy groups -OCH3 is 1. The molecule has 3 unspecified atom stereocenters. The van der Waals surface area contributed by atoms with Crippen molar-refractivity contribution in [3.8, 4) is 0 Å². The molecule has 1 aliphatic heterocycles. The summed E-state index contributed by atoms with van der Waals surface area (Å²) in [5.41, 5.74) is 3.88. The van der Waals surface area contributed by atoms with Gasteiger partial charge in [-0.05, 0) is 42.7 Å². The van der Waals surface area contributed by atoms with Gasteiger partial charge in [0.15, 0.2) is 0 Å². The monoisotopic (exact) mass is 478 g/mol. The number of nitrogens with one attached hydrogen (secondary N) is 1. The Morgan fingerprint density at radius 3 is 1.82 bits per heavy atom. The molecule has 1 fully saturated rings. The summed E-state index contributed by atoms with van der Waals surface area (Å²) in [5, 5.41) is 2.86. The molecule has 3 rings (SSSR count). The molecule has 1 amide bonds. The van der Waals surface area contributed by atoms with Gasteiger partial charge >= 0.3 is 12.4 Å². The molecule has 0 saturated carbocycles. The maximum absolute atomic E-state index is 12.5. The molecular weight excluding hydrogens is 450 g/mol.